The van der Waals surface area contributed by atoms with Crippen molar-refractivity contribution in [3.8, 4) is 5.75 Å². The smallest absolute Gasteiger partial charge is 0.268 e. The minimum atomic E-state index is -0.869. The van der Waals surface area contributed by atoms with Crippen LogP contribution >= 0.6 is 0 Å². The number of benzene rings is 1. The van der Waals surface area contributed by atoms with Crippen LogP contribution < -0.4 is 21.1 Å². The van der Waals surface area contributed by atoms with Gasteiger partial charge in [0.15, 0.2) is 0 Å². The second-order valence-corrected chi connectivity index (χ2v) is 8.76. The van der Waals surface area contributed by atoms with E-state index in [1.54, 1.807) is 25.7 Å². The van der Waals surface area contributed by atoms with Crippen LogP contribution in [0, 0.1) is 5.92 Å². The lowest BCUT2D eigenvalue weighted by Crippen LogP contribution is -2.53. The van der Waals surface area contributed by atoms with E-state index in [-0.39, 0.29) is 5.92 Å². The molecule has 2 atom stereocenters. The molecule has 34 heavy (non-hydrogen) atoms. The molecule has 5 N–H and O–H groups in total. The van der Waals surface area contributed by atoms with Crippen molar-refractivity contribution in [2.45, 2.75) is 45.2 Å². The Bertz CT molecular complexity index is 1170. The van der Waals surface area contributed by atoms with Gasteiger partial charge in [0.25, 0.3) is 5.91 Å². The van der Waals surface area contributed by atoms with Crippen molar-refractivity contribution in [3.63, 3.8) is 0 Å². The Balaban J connectivity index is 1.72. The number of nitrogens with one attached hydrogen (secondary N) is 3. The molecule has 2 aromatic heterocycles. The van der Waals surface area contributed by atoms with Crippen LogP contribution in [0.4, 0.5) is 0 Å². The number of hydrogen-bond acceptors (Lipinski definition) is 5. The summed E-state index contributed by atoms with van der Waals surface area (Å²) in [6.45, 7) is 3.91. The third-order valence-corrected chi connectivity index (χ3v) is 5.68. The standard InChI is InChI=1S/C24H32N6O4/c1-14(2)10-19(23(32)28-18(22(25)31)9-8-15-12-26-13-30(15)3)29-24(33)20-11-16-17(27-20)6-5-7-21(16)34-4/h5-7,11-14,18-19,27H,8-10H2,1-4H3,(H2,25,31)(H,28,32)(H,29,33)/t18-,19-/m0/s1. The van der Waals surface area contributed by atoms with Gasteiger partial charge in [0.2, 0.25) is 11.8 Å². The van der Waals surface area contributed by atoms with Crippen molar-refractivity contribution in [1.29, 1.82) is 0 Å². The first kappa shape index (κ1) is 24.8. The predicted molar refractivity (Wildman–Crippen MR) is 128 cm³/mol. The predicted octanol–water partition coefficient (Wildman–Crippen LogP) is 1.66. The van der Waals surface area contributed by atoms with Gasteiger partial charge in [-0.3, -0.25) is 14.4 Å². The van der Waals surface area contributed by atoms with E-state index < -0.39 is 29.8 Å². The zero-order valence-corrected chi connectivity index (χ0v) is 19.9. The van der Waals surface area contributed by atoms with Gasteiger partial charge in [0.05, 0.1) is 13.4 Å². The second kappa shape index (κ2) is 10.9. The minimum Gasteiger partial charge on any atom is -0.496 e. The first-order valence-electron chi connectivity index (χ1n) is 11.2. The van der Waals surface area contributed by atoms with Gasteiger partial charge in [-0.15, -0.1) is 0 Å². The summed E-state index contributed by atoms with van der Waals surface area (Å²) in [5, 5.41) is 6.28. The Morgan fingerprint density at radius 1 is 1.21 bits per heavy atom. The second-order valence-electron chi connectivity index (χ2n) is 8.76. The van der Waals surface area contributed by atoms with E-state index in [0.717, 1.165) is 16.6 Å². The fourth-order valence-corrected chi connectivity index (χ4v) is 3.84. The van der Waals surface area contributed by atoms with Crippen LogP contribution in [0.2, 0.25) is 0 Å². The highest BCUT2D eigenvalue weighted by molar-refractivity contribution is 6.01. The van der Waals surface area contributed by atoms with E-state index in [0.29, 0.717) is 30.7 Å². The number of amides is 3. The summed E-state index contributed by atoms with van der Waals surface area (Å²) < 4.78 is 7.19. The van der Waals surface area contributed by atoms with E-state index in [1.165, 1.54) is 0 Å². The third kappa shape index (κ3) is 5.94. The number of rotatable bonds is 11. The molecule has 0 aliphatic carbocycles. The number of ether oxygens (including phenoxy) is 1. The molecule has 10 nitrogen and oxygen atoms in total. The number of aryl methyl sites for hydroxylation is 2. The average Bonchev–Trinajstić information content (AvgIpc) is 3.41. The van der Waals surface area contributed by atoms with Crippen LogP contribution in [0.25, 0.3) is 10.9 Å². The lowest BCUT2D eigenvalue weighted by molar-refractivity contribution is -0.128. The van der Waals surface area contributed by atoms with Gasteiger partial charge in [-0.25, -0.2) is 4.98 Å². The van der Waals surface area contributed by atoms with Crippen molar-refractivity contribution < 1.29 is 19.1 Å². The number of nitrogens with zero attached hydrogens (tertiary/aromatic N) is 2. The lowest BCUT2D eigenvalue weighted by atomic mass is 10.0. The van der Waals surface area contributed by atoms with Crippen molar-refractivity contribution >= 4 is 28.6 Å². The minimum absolute atomic E-state index is 0.125. The first-order valence-corrected chi connectivity index (χ1v) is 11.2. The van der Waals surface area contributed by atoms with Gasteiger partial charge in [0, 0.05) is 29.8 Å². The molecule has 0 fully saturated rings. The van der Waals surface area contributed by atoms with Gasteiger partial charge in [-0.05, 0) is 43.4 Å². The fourth-order valence-electron chi connectivity index (χ4n) is 3.84. The van der Waals surface area contributed by atoms with Crippen LogP contribution in [-0.2, 0) is 23.1 Å². The number of imidazole rings is 1. The molecule has 0 aliphatic heterocycles. The normalized spacial score (nSPS) is 13.0. The lowest BCUT2D eigenvalue weighted by Gasteiger charge is -2.23. The summed E-state index contributed by atoms with van der Waals surface area (Å²) in [6, 6.07) is 5.46. The van der Waals surface area contributed by atoms with Gasteiger partial charge < -0.3 is 30.7 Å². The van der Waals surface area contributed by atoms with Crippen LogP contribution in [-0.4, -0.2) is 51.5 Å². The Hall–Kier alpha value is -3.82. The number of fused-ring (bicyclic) bond motifs is 1. The highest BCUT2D eigenvalue weighted by atomic mass is 16.5. The molecule has 0 bridgehead atoms. The summed E-state index contributed by atoms with van der Waals surface area (Å²) in [5.74, 6) is -0.746. The maximum Gasteiger partial charge on any atom is 0.268 e. The summed E-state index contributed by atoms with van der Waals surface area (Å²) >= 11 is 0. The molecule has 3 amide bonds. The van der Waals surface area contributed by atoms with E-state index in [4.69, 9.17) is 10.5 Å². The van der Waals surface area contributed by atoms with Gasteiger partial charge in [-0.2, -0.15) is 0 Å². The number of H-pyrrole nitrogens is 1. The summed E-state index contributed by atoms with van der Waals surface area (Å²) in [6.07, 6.45) is 4.61. The average molecular weight is 469 g/mol. The van der Waals surface area contributed by atoms with Gasteiger partial charge in [0.1, 0.15) is 23.5 Å². The molecule has 1 aromatic carbocycles. The Morgan fingerprint density at radius 3 is 2.59 bits per heavy atom. The molecule has 182 valence electrons. The number of aromatic nitrogens is 3. The van der Waals surface area contributed by atoms with Crippen molar-refractivity contribution in [2.24, 2.45) is 18.7 Å². The zero-order chi connectivity index (χ0) is 24.8. The Labute approximate surface area is 198 Å². The van der Waals surface area contributed by atoms with E-state index >= 15 is 0 Å². The van der Waals surface area contributed by atoms with Crippen LogP contribution in [0.15, 0.2) is 36.8 Å². The molecule has 0 radical (unpaired) electrons. The highest BCUT2D eigenvalue weighted by Gasteiger charge is 2.27. The maximum atomic E-state index is 13.1. The summed E-state index contributed by atoms with van der Waals surface area (Å²) in [4.78, 5) is 45.2. The quantitative estimate of drug-likeness (QED) is 0.338. The molecule has 0 saturated heterocycles. The van der Waals surface area contributed by atoms with Gasteiger partial charge in [-0.1, -0.05) is 19.9 Å². The van der Waals surface area contributed by atoms with Crippen molar-refractivity contribution in [3.05, 3.63) is 48.2 Å². The van der Waals surface area contributed by atoms with E-state index in [2.05, 4.69) is 20.6 Å². The van der Waals surface area contributed by atoms with Crippen LogP contribution in [0.5, 0.6) is 5.75 Å². The fraction of sp³-hybridized carbons (Fsp3) is 0.417. The number of carbonyl (C=O) groups excluding carboxylic acids is 3. The molecule has 10 heteroatoms. The molecule has 3 aromatic rings. The number of hydrogen-bond donors (Lipinski definition) is 4. The topological polar surface area (TPSA) is 144 Å². The Kier molecular flexibility index (Phi) is 7.93. The SMILES string of the molecule is COc1cccc2[nH]c(C(=O)N[C@@H](CC(C)C)C(=O)N[C@@H](CCc3cncn3C)C(N)=O)cc12. The van der Waals surface area contributed by atoms with Gasteiger partial charge >= 0.3 is 0 Å². The zero-order valence-electron chi connectivity index (χ0n) is 19.9. The monoisotopic (exact) mass is 468 g/mol. The molecular weight excluding hydrogens is 436 g/mol. The molecule has 0 spiro atoms. The van der Waals surface area contributed by atoms with Crippen LogP contribution in [0.3, 0.4) is 0 Å². The van der Waals surface area contributed by atoms with E-state index in [1.807, 2.05) is 43.7 Å². The first-order chi connectivity index (χ1) is 16.2. The maximum absolute atomic E-state index is 13.1. The number of methoxy groups -OCH3 is 1. The largest absolute Gasteiger partial charge is 0.496 e. The Morgan fingerprint density at radius 2 is 1.97 bits per heavy atom. The molecule has 3 rings (SSSR count). The van der Waals surface area contributed by atoms with E-state index in [9.17, 15) is 14.4 Å². The molecule has 0 aliphatic rings. The number of aromatic amines is 1. The molecule has 0 unspecified atom stereocenters. The van der Waals surface area contributed by atoms with Crippen LogP contribution in [0.1, 0.15) is 42.9 Å². The summed E-state index contributed by atoms with van der Waals surface area (Å²) in [7, 11) is 3.42. The molecule has 0 saturated carbocycles. The highest BCUT2D eigenvalue weighted by Crippen LogP contribution is 2.26. The molecule has 2 heterocycles. The molecular formula is C24H32N6O4. The third-order valence-electron chi connectivity index (χ3n) is 5.68. The van der Waals surface area contributed by atoms with Crippen molar-refractivity contribution in [1.82, 2.24) is 25.2 Å². The number of carbonyl (C=O) groups is 3. The summed E-state index contributed by atoms with van der Waals surface area (Å²) in [5.41, 5.74) is 7.52. The van der Waals surface area contributed by atoms with Crippen molar-refractivity contribution in [2.75, 3.05) is 7.11 Å². The number of primary amides is 1. The number of nitrogens with two attached hydrogens (primary N) is 1.